The summed E-state index contributed by atoms with van der Waals surface area (Å²) in [4.78, 5) is 87.7. The van der Waals surface area contributed by atoms with Crippen LogP contribution in [0.25, 0.3) is 0 Å². The monoisotopic (exact) mass is 1190 g/mol. The van der Waals surface area contributed by atoms with Gasteiger partial charge in [-0.25, -0.2) is 9.59 Å². The Morgan fingerprint density at radius 3 is 1.02 bits per heavy atom. The Morgan fingerprint density at radius 2 is 0.759 bits per heavy atom. The van der Waals surface area contributed by atoms with Gasteiger partial charge in [-0.1, -0.05) is 80.1 Å². The third-order valence-electron chi connectivity index (χ3n) is 20.5. The molecule has 8 fully saturated rings. The van der Waals surface area contributed by atoms with Gasteiger partial charge in [-0.05, 0) is 116 Å². The van der Waals surface area contributed by atoms with Gasteiger partial charge in [0.25, 0.3) is 0 Å². The molecule has 0 aromatic carbocycles. The maximum atomic E-state index is 13.4. The number of carbonyl (C=O) groups excluding carboxylic acids is 6. The molecule has 83 heavy (non-hydrogen) atoms. The van der Waals surface area contributed by atoms with Crippen molar-refractivity contribution in [2.24, 2.45) is 10.8 Å². The van der Waals surface area contributed by atoms with Crippen LogP contribution in [0, 0.1) is 10.8 Å². The van der Waals surface area contributed by atoms with E-state index in [9.17, 15) is 28.8 Å². The summed E-state index contributed by atoms with van der Waals surface area (Å²) in [6.45, 7) is 33.6. The van der Waals surface area contributed by atoms with Gasteiger partial charge in [-0.3, -0.25) is 27.6 Å². The lowest BCUT2D eigenvalue weighted by Gasteiger charge is -2.59. The number of urea groups is 2. The van der Waals surface area contributed by atoms with E-state index in [0.29, 0.717) is 13.1 Å². The minimum atomic E-state index is -5.17. The van der Waals surface area contributed by atoms with E-state index < -0.39 is 10.4 Å². The van der Waals surface area contributed by atoms with Crippen molar-refractivity contribution in [3.63, 3.8) is 0 Å². The molecule has 0 aromatic heterocycles. The molecule has 20 nitrogen and oxygen atoms in total. The van der Waals surface area contributed by atoms with Gasteiger partial charge in [-0.15, -0.1) is 0 Å². The third kappa shape index (κ3) is 18.6. The summed E-state index contributed by atoms with van der Waals surface area (Å²) < 4.78 is 36.6. The number of fused-ring (bicyclic) bond motifs is 4. The fourth-order valence-electron chi connectivity index (χ4n) is 15.6. The number of nitrogens with zero attached hydrogens (tertiary/aromatic N) is 8. The minimum Gasteiger partial charge on any atom is -0.759 e. The predicted octanol–water partition coefficient (Wildman–Crippen LogP) is 7.42. The molecule has 8 rings (SSSR count). The molecule has 21 heteroatoms. The van der Waals surface area contributed by atoms with E-state index in [4.69, 9.17) is 17.5 Å². The number of unbranched alkanes of at least 4 members (excludes halogenated alkanes) is 8. The molecule has 0 unspecified atom stereocenters. The number of piperidine rings is 2. The topological polar surface area (TPSA) is 226 Å². The average molecular weight is 1190 g/mol. The molecule has 2 N–H and O–H groups in total. The van der Waals surface area contributed by atoms with Crippen molar-refractivity contribution in [3.05, 3.63) is 0 Å². The van der Waals surface area contributed by atoms with Crippen LogP contribution in [0.3, 0.4) is 0 Å². The highest BCUT2D eigenvalue weighted by molar-refractivity contribution is 7.79. The van der Waals surface area contributed by atoms with Gasteiger partial charge in [0.15, 0.2) is 0 Å². The summed E-state index contributed by atoms with van der Waals surface area (Å²) in [6, 6.07) is 0.388. The molecule has 0 aromatic rings. The van der Waals surface area contributed by atoms with Crippen molar-refractivity contribution in [3.8, 4) is 0 Å². The second-order valence-corrected chi connectivity index (χ2v) is 28.0. The lowest BCUT2D eigenvalue weighted by molar-refractivity contribution is -0.929. The number of hydrogen-bond acceptors (Lipinski definition) is 10. The van der Waals surface area contributed by atoms with E-state index in [0.717, 1.165) is 103 Å². The number of hydrogen-bond donors (Lipinski definition) is 2. The molecular formula is C62H112N10O10S. The first-order chi connectivity index (χ1) is 39.5. The minimum absolute atomic E-state index is 0.0242. The van der Waals surface area contributed by atoms with Gasteiger partial charge in [0.05, 0.1) is 64.4 Å². The number of rotatable bonds is 32. The molecule has 4 bridgehead atoms. The normalized spacial score (nSPS) is 24.1. The molecule has 2 saturated carbocycles. The van der Waals surface area contributed by atoms with Crippen LogP contribution in [0.5, 0.6) is 0 Å². The molecule has 6 aliphatic heterocycles. The molecule has 2 spiro atoms. The molecule has 4 atom stereocenters. The van der Waals surface area contributed by atoms with Crippen LogP contribution in [0.1, 0.15) is 209 Å². The van der Waals surface area contributed by atoms with Crippen molar-refractivity contribution in [2.75, 3.05) is 105 Å². The lowest BCUT2D eigenvalue weighted by atomic mass is 9.60. The first-order valence-electron chi connectivity index (χ1n) is 33.1. The van der Waals surface area contributed by atoms with E-state index >= 15 is 0 Å². The van der Waals surface area contributed by atoms with Crippen molar-refractivity contribution in [2.45, 2.75) is 246 Å². The molecule has 8 amide bonds. The fourth-order valence-corrected chi connectivity index (χ4v) is 15.6. The number of carbonyl (C=O) groups is 6. The largest absolute Gasteiger partial charge is 0.759 e. The Kier molecular flexibility index (Phi) is 25.7. The average Bonchev–Trinajstić information content (AvgIpc) is 1.87. The first-order valence-corrected chi connectivity index (χ1v) is 34.5. The van der Waals surface area contributed by atoms with Crippen LogP contribution < -0.4 is 10.6 Å². The quantitative estimate of drug-likeness (QED) is 0.0293. The molecule has 476 valence electrons. The van der Waals surface area contributed by atoms with E-state index in [2.05, 4.69) is 62.0 Å². The maximum absolute atomic E-state index is 13.4. The Balaban J connectivity index is 0.000000246. The van der Waals surface area contributed by atoms with Crippen molar-refractivity contribution in [1.82, 2.24) is 40.0 Å². The van der Waals surface area contributed by atoms with Crippen molar-refractivity contribution >= 4 is 46.1 Å². The number of likely N-dealkylation sites (tertiary alicyclic amines) is 2. The zero-order valence-corrected chi connectivity index (χ0v) is 53.6. The second kappa shape index (κ2) is 31.2. The van der Waals surface area contributed by atoms with Crippen LogP contribution in [-0.4, -0.2) is 233 Å². The lowest BCUT2D eigenvalue weighted by Crippen LogP contribution is -2.68. The summed E-state index contributed by atoms with van der Waals surface area (Å²) in [5.41, 5.74) is 0.447. The highest BCUT2D eigenvalue weighted by Crippen LogP contribution is 2.49. The van der Waals surface area contributed by atoms with Crippen LogP contribution in [0.15, 0.2) is 0 Å². The van der Waals surface area contributed by atoms with Crippen LogP contribution in [0.4, 0.5) is 9.59 Å². The molecule has 8 aliphatic rings. The highest BCUT2D eigenvalue weighted by atomic mass is 32.3. The van der Waals surface area contributed by atoms with Gasteiger partial charge in [0.2, 0.25) is 23.6 Å². The summed E-state index contributed by atoms with van der Waals surface area (Å²) in [5.74, 6) is 0.335. The Morgan fingerprint density at radius 1 is 0.482 bits per heavy atom. The molecule has 6 saturated heterocycles. The number of quaternary nitrogens is 2. The van der Waals surface area contributed by atoms with Gasteiger partial charge in [-0.2, -0.15) is 0 Å². The third-order valence-corrected chi connectivity index (χ3v) is 20.5. The SMILES string of the molecule is CCCC[N+](CCCC)(CCCC)CCCCN1C(=O)N2C[C@H]1CC[C@H]2C(=O)NC1CC2(C1)CN(C(C)=O)C2.CCCC[N+](CCCC)(CCCC)CCCCN1C(=O)N2C[C@H]1CC[C@H]2C(=O)NC1CC2(C1)CN(C(C)=O)C2.O=S(=O)([O-])[O-]. The van der Waals surface area contributed by atoms with E-state index in [1.807, 2.05) is 19.6 Å². The van der Waals surface area contributed by atoms with E-state index in [1.165, 1.54) is 151 Å². The van der Waals surface area contributed by atoms with E-state index in [1.54, 1.807) is 13.8 Å². The zero-order valence-electron chi connectivity index (χ0n) is 52.8. The van der Waals surface area contributed by atoms with Crippen LogP contribution >= 0.6 is 0 Å². The number of nitrogens with one attached hydrogen (secondary N) is 2. The Bertz CT molecular complexity index is 2040. The standard InChI is InChI=1S/2C31H55N5O3.H2O4S/c2*1-5-8-16-36(17-9-6-2,18-10-7-3)19-12-11-15-34-27-13-14-28(35(22-27)30(34)39)29(38)32-26-20-31(21-26)23-33(24-31)25(4)37;1-5(2,3)4/h2*26-28H,5-24H2,1-4H3;(H2,1,2,3,4)/t2*27-,28+;/m11./s1. The predicted molar refractivity (Wildman–Crippen MR) is 321 cm³/mol. The van der Waals surface area contributed by atoms with Crippen molar-refractivity contribution in [1.29, 1.82) is 0 Å². The van der Waals surface area contributed by atoms with Crippen LogP contribution in [0.2, 0.25) is 0 Å². The summed E-state index contributed by atoms with van der Waals surface area (Å²) in [6.07, 6.45) is 27.0. The summed E-state index contributed by atoms with van der Waals surface area (Å²) >= 11 is 0. The van der Waals surface area contributed by atoms with Crippen molar-refractivity contribution < 1.29 is 55.3 Å². The highest BCUT2D eigenvalue weighted by Gasteiger charge is 2.56. The van der Waals surface area contributed by atoms with E-state index in [-0.39, 0.29) is 82.8 Å². The second-order valence-electron chi connectivity index (χ2n) is 27.1. The first kappa shape index (κ1) is 68.3. The smallest absolute Gasteiger partial charge is 0.321 e. The zero-order chi connectivity index (χ0) is 60.6. The summed E-state index contributed by atoms with van der Waals surface area (Å²) in [7, 11) is -5.17. The molecule has 0 radical (unpaired) electrons. The summed E-state index contributed by atoms with van der Waals surface area (Å²) in [5, 5.41) is 6.47. The molecule has 2 aliphatic carbocycles. The Labute approximate surface area is 500 Å². The van der Waals surface area contributed by atoms with Gasteiger partial charge < -0.3 is 58.1 Å². The van der Waals surface area contributed by atoms with Gasteiger partial charge in [0.1, 0.15) is 12.1 Å². The molecule has 6 heterocycles. The van der Waals surface area contributed by atoms with Gasteiger partial charge >= 0.3 is 12.1 Å². The van der Waals surface area contributed by atoms with Crippen LogP contribution in [-0.2, 0) is 29.6 Å². The van der Waals surface area contributed by atoms with Gasteiger partial charge in [0, 0.05) is 99.5 Å². The Hall–Kier alpha value is -3.79. The maximum Gasteiger partial charge on any atom is 0.321 e. The fraction of sp³-hybridized carbons (Fsp3) is 0.903. The number of amides is 8. The molecular weight excluding hydrogens is 1080 g/mol.